The lowest BCUT2D eigenvalue weighted by atomic mass is 9.82. The Kier molecular flexibility index (Phi) is 6.30. The molecule has 1 N–H and O–H groups in total. The van der Waals surface area contributed by atoms with Gasteiger partial charge in [0, 0.05) is 32.7 Å². The zero-order valence-electron chi connectivity index (χ0n) is 29.3. The first-order valence-electron chi connectivity index (χ1n) is 18.2. The second kappa shape index (κ2) is 11.1. The Labute approximate surface area is 306 Å². The van der Waals surface area contributed by atoms with Gasteiger partial charge in [-0.25, -0.2) is 9.98 Å². The number of fused-ring (bicyclic) bond motifs is 9. The molecule has 0 saturated carbocycles. The minimum absolute atomic E-state index is 0.105. The summed E-state index contributed by atoms with van der Waals surface area (Å²) in [6.07, 6.45) is -0.272. The number of hydrogen-bond acceptors (Lipinski definition) is 4. The van der Waals surface area contributed by atoms with Gasteiger partial charge in [-0.2, -0.15) is 0 Å². The summed E-state index contributed by atoms with van der Waals surface area (Å²) in [5.74, 6) is 1.46. The number of para-hydroxylation sites is 1. The van der Waals surface area contributed by atoms with E-state index in [2.05, 4.69) is 145 Å². The van der Waals surface area contributed by atoms with Crippen molar-refractivity contribution in [1.29, 1.82) is 0 Å². The summed E-state index contributed by atoms with van der Waals surface area (Å²) >= 11 is 0. The molecule has 5 nitrogen and oxygen atoms in total. The fraction of sp³-hybridized carbons (Fsp3) is 0.0833. The molecule has 3 heterocycles. The van der Waals surface area contributed by atoms with E-state index in [1.807, 2.05) is 36.4 Å². The van der Waals surface area contributed by atoms with Gasteiger partial charge in [0.15, 0.2) is 5.84 Å². The van der Waals surface area contributed by atoms with E-state index in [0.717, 1.165) is 50.2 Å². The van der Waals surface area contributed by atoms with Crippen LogP contribution in [0, 0.1) is 0 Å². The average molecular weight is 683 g/mol. The number of amidine groups is 2. The highest BCUT2D eigenvalue weighted by atomic mass is 16.3. The van der Waals surface area contributed by atoms with Crippen LogP contribution in [0.2, 0.25) is 0 Å². The zero-order valence-corrected chi connectivity index (χ0v) is 29.3. The van der Waals surface area contributed by atoms with Gasteiger partial charge in [-0.3, -0.25) is 0 Å². The van der Waals surface area contributed by atoms with Crippen molar-refractivity contribution in [3.63, 3.8) is 0 Å². The van der Waals surface area contributed by atoms with Crippen LogP contribution < -0.4 is 5.32 Å². The van der Waals surface area contributed by atoms with Crippen molar-refractivity contribution in [1.82, 2.24) is 9.88 Å². The molecule has 252 valence electrons. The van der Waals surface area contributed by atoms with E-state index in [1.54, 1.807) is 0 Å². The summed E-state index contributed by atoms with van der Waals surface area (Å²) in [6, 6.07) is 55.8. The van der Waals surface area contributed by atoms with Crippen molar-refractivity contribution < 1.29 is 4.42 Å². The van der Waals surface area contributed by atoms with Crippen molar-refractivity contribution >= 4 is 55.4 Å². The van der Waals surface area contributed by atoms with E-state index < -0.39 is 0 Å². The normalized spacial score (nSPS) is 16.1. The largest absolute Gasteiger partial charge is 0.456 e. The van der Waals surface area contributed by atoms with E-state index >= 15 is 0 Å². The van der Waals surface area contributed by atoms with E-state index in [0.29, 0.717) is 5.84 Å². The molecular weight excluding hydrogens is 649 g/mol. The first kappa shape index (κ1) is 30.0. The fourth-order valence-corrected chi connectivity index (χ4v) is 8.68. The number of benzene rings is 7. The third-order valence-corrected chi connectivity index (χ3v) is 11.3. The third kappa shape index (κ3) is 4.44. The van der Waals surface area contributed by atoms with Gasteiger partial charge in [0.1, 0.15) is 23.2 Å². The van der Waals surface area contributed by atoms with Crippen LogP contribution in [-0.4, -0.2) is 16.2 Å². The first-order valence-corrected chi connectivity index (χ1v) is 18.2. The van der Waals surface area contributed by atoms with Crippen molar-refractivity contribution in [2.45, 2.75) is 25.4 Å². The number of rotatable bonds is 4. The van der Waals surface area contributed by atoms with E-state index in [-0.39, 0.29) is 11.6 Å². The Morgan fingerprint density at radius 1 is 0.585 bits per heavy atom. The van der Waals surface area contributed by atoms with Crippen LogP contribution in [0.4, 0.5) is 0 Å². The molecule has 1 aliphatic carbocycles. The predicted octanol–water partition coefficient (Wildman–Crippen LogP) is 11.5. The van der Waals surface area contributed by atoms with Crippen molar-refractivity contribution in [2.75, 3.05) is 0 Å². The number of furan rings is 1. The molecule has 9 aromatic rings. The van der Waals surface area contributed by atoms with Crippen LogP contribution in [0.3, 0.4) is 0 Å². The minimum Gasteiger partial charge on any atom is -0.456 e. The topological polar surface area (TPSA) is 54.8 Å². The lowest BCUT2D eigenvalue weighted by Gasteiger charge is -2.23. The molecule has 0 fully saturated rings. The third-order valence-electron chi connectivity index (χ3n) is 11.3. The quantitative estimate of drug-likeness (QED) is 0.201. The summed E-state index contributed by atoms with van der Waals surface area (Å²) in [5.41, 5.74) is 13.4. The number of hydrogen-bond donors (Lipinski definition) is 1. The molecule has 0 bridgehead atoms. The zero-order chi connectivity index (χ0) is 35.3. The monoisotopic (exact) mass is 682 g/mol. The Morgan fingerprint density at radius 2 is 1.36 bits per heavy atom. The highest BCUT2D eigenvalue weighted by Crippen LogP contribution is 2.51. The second-order valence-corrected chi connectivity index (χ2v) is 14.6. The molecule has 7 aromatic carbocycles. The SMILES string of the molecule is CC1(C)c2ccccc2-c2cc3c4ccccc4n(-c4cccc5oc6cc(C7=NC(c8ccccc8)NC(c8ccccc8)=N7)ccc6c45)c3cc21. The maximum absolute atomic E-state index is 6.69. The molecule has 0 saturated heterocycles. The van der Waals surface area contributed by atoms with Gasteiger partial charge >= 0.3 is 0 Å². The van der Waals surface area contributed by atoms with Crippen LogP contribution in [-0.2, 0) is 5.41 Å². The highest BCUT2D eigenvalue weighted by Gasteiger charge is 2.36. The summed E-state index contributed by atoms with van der Waals surface area (Å²) in [5, 5.41) is 8.19. The average Bonchev–Trinajstić information content (AvgIpc) is 3.83. The summed E-state index contributed by atoms with van der Waals surface area (Å²) in [7, 11) is 0. The Balaban J connectivity index is 1.10. The fourth-order valence-electron chi connectivity index (χ4n) is 8.68. The highest BCUT2D eigenvalue weighted by molar-refractivity contribution is 6.17. The standard InChI is InChI=1S/C48H34N4O/c1-48(2)37-20-11-9-18-32(37)35-27-36-33-19-10-12-21-39(33)52(41(36)28-38(35)48)40-22-13-23-42-44(40)34-25-24-31(26-43(34)53-42)47-50-45(29-14-5-3-6-15-29)49-46(51-47)30-16-7-4-8-17-30/h3-28,45H,1-2H3,(H,49,50,51). The number of aliphatic imine (C=N–C) groups is 2. The molecule has 5 heteroatoms. The molecule has 0 spiro atoms. The molecule has 11 rings (SSSR count). The van der Waals surface area contributed by atoms with Gasteiger partial charge in [0.25, 0.3) is 0 Å². The van der Waals surface area contributed by atoms with Gasteiger partial charge in [-0.15, -0.1) is 0 Å². The molecular formula is C48H34N4O. The van der Waals surface area contributed by atoms with Gasteiger partial charge in [0.05, 0.1) is 22.1 Å². The molecule has 0 radical (unpaired) electrons. The van der Waals surface area contributed by atoms with Gasteiger partial charge < -0.3 is 14.3 Å². The molecule has 1 unspecified atom stereocenters. The Morgan fingerprint density at radius 3 is 2.23 bits per heavy atom. The minimum atomic E-state index is -0.272. The molecule has 1 aliphatic heterocycles. The van der Waals surface area contributed by atoms with Crippen molar-refractivity contribution in [3.05, 3.63) is 186 Å². The van der Waals surface area contributed by atoms with E-state index in [9.17, 15) is 0 Å². The van der Waals surface area contributed by atoms with E-state index in [4.69, 9.17) is 14.4 Å². The maximum Gasteiger partial charge on any atom is 0.159 e. The lowest BCUT2D eigenvalue weighted by Crippen LogP contribution is -2.33. The van der Waals surface area contributed by atoms with Gasteiger partial charge in [0.2, 0.25) is 0 Å². The maximum atomic E-state index is 6.69. The first-order chi connectivity index (χ1) is 26.0. The molecule has 2 aliphatic rings. The predicted molar refractivity (Wildman–Crippen MR) is 217 cm³/mol. The Hall–Kier alpha value is -6.72. The summed E-state index contributed by atoms with van der Waals surface area (Å²) in [6.45, 7) is 4.69. The summed E-state index contributed by atoms with van der Waals surface area (Å²) in [4.78, 5) is 10.2. The van der Waals surface area contributed by atoms with Gasteiger partial charge in [-0.05, 0) is 70.3 Å². The van der Waals surface area contributed by atoms with E-state index in [1.165, 1.54) is 44.1 Å². The number of nitrogens with one attached hydrogen (secondary N) is 1. The number of nitrogens with zero attached hydrogens (tertiary/aromatic N) is 3. The summed E-state index contributed by atoms with van der Waals surface area (Å²) < 4.78 is 9.12. The molecule has 0 amide bonds. The van der Waals surface area contributed by atoms with Crippen LogP contribution in [0.15, 0.2) is 172 Å². The molecule has 1 atom stereocenters. The van der Waals surface area contributed by atoms with Crippen LogP contribution in [0.5, 0.6) is 0 Å². The number of aromatic nitrogens is 1. The van der Waals surface area contributed by atoms with Crippen molar-refractivity contribution in [3.8, 4) is 16.8 Å². The smallest absolute Gasteiger partial charge is 0.159 e. The van der Waals surface area contributed by atoms with Gasteiger partial charge in [-0.1, -0.05) is 129 Å². The van der Waals surface area contributed by atoms with Crippen molar-refractivity contribution in [2.24, 2.45) is 9.98 Å². The second-order valence-electron chi connectivity index (χ2n) is 14.6. The molecule has 2 aromatic heterocycles. The Bertz CT molecular complexity index is 3000. The lowest BCUT2D eigenvalue weighted by molar-refractivity contribution is 0.661. The molecule has 53 heavy (non-hydrogen) atoms. The van der Waals surface area contributed by atoms with Crippen LogP contribution in [0.1, 0.15) is 47.8 Å². The van der Waals surface area contributed by atoms with Crippen LogP contribution in [0.25, 0.3) is 60.6 Å². The van der Waals surface area contributed by atoms with Crippen LogP contribution >= 0.6 is 0 Å².